The van der Waals surface area contributed by atoms with Crippen molar-refractivity contribution in [2.24, 2.45) is 0 Å². The number of allylic oxidation sites excluding steroid dienone is 4. The van der Waals surface area contributed by atoms with Gasteiger partial charge in [0, 0.05) is 34.6 Å². The fraction of sp³-hybridized carbons (Fsp3) is 0.0600. The molecular weight excluding hydrogens is 643 g/mol. The molecular formula is C50H33N3. The van der Waals surface area contributed by atoms with Crippen LogP contribution in [-0.2, 0) is 5.41 Å². The van der Waals surface area contributed by atoms with E-state index < -0.39 is 0 Å². The third-order valence-corrected chi connectivity index (χ3v) is 11.5. The zero-order valence-corrected chi connectivity index (χ0v) is 29.0. The Morgan fingerprint density at radius 1 is 0.491 bits per heavy atom. The first-order valence-electron chi connectivity index (χ1n) is 18.4. The third-order valence-electron chi connectivity index (χ3n) is 11.5. The SMILES string of the molecule is C1=CC2=C(CC1)c1ccccc1C21c2ccccc2-c2ccc(-c3nc(-c4cccc(-c5cccnc5)c4)cc(-c4cccc5ccccc45)n3)cc21. The van der Waals surface area contributed by atoms with Crippen LogP contribution >= 0.6 is 0 Å². The van der Waals surface area contributed by atoms with E-state index in [0.717, 1.165) is 52.0 Å². The summed E-state index contributed by atoms with van der Waals surface area (Å²) < 4.78 is 0. The van der Waals surface area contributed by atoms with E-state index in [4.69, 9.17) is 9.97 Å². The van der Waals surface area contributed by atoms with Crippen molar-refractivity contribution in [3.8, 4) is 56.2 Å². The van der Waals surface area contributed by atoms with Gasteiger partial charge in [-0.2, -0.15) is 0 Å². The van der Waals surface area contributed by atoms with E-state index in [-0.39, 0.29) is 5.41 Å². The van der Waals surface area contributed by atoms with Gasteiger partial charge in [0.15, 0.2) is 5.82 Å². The van der Waals surface area contributed by atoms with Gasteiger partial charge in [0.2, 0.25) is 0 Å². The van der Waals surface area contributed by atoms with Gasteiger partial charge in [0.1, 0.15) is 0 Å². The highest BCUT2D eigenvalue weighted by Crippen LogP contribution is 2.63. The van der Waals surface area contributed by atoms with Crippen LogP contribution < -0.4 is 0 Å². The van der Waals surface area contributed by atoms with Crippen molar-refractivity contribution in [3.05, 3.63) is 204 Å². The lowest BCUT2D eigenvalue weighted by atomic mass is 9.69. The highest BCUT2D eigenvalue weighted by atomic mass is 14.9. The largest absolute Gasteiger partial charge is 0.264 e. The quantitative estimate of drug-likeness (QED) is 0.186. The van der Waals surface area contributed by atoms with Crippen molar-refractivity contribution in [2.75, 3.05) is 0 Å². The summed E-state index contributed by atoms with van der Waals surface area (Å²) in [6, 6.07) is 54.8. The third kappa shape index (κ3) is 4.44. The van der Waals surface area contributed by atoms with Crippen LogP contribution in [0.2, 0.25) is 0 Å². The standard InChI is InChI=1S/C50H33N3/c1-2-17-37-32(12-1)13-10-21-42(37)48-30-47(34-15-9-14-33(28-34)36-16-11-27-51-31-36)52-49(53-48)35-25-26-41-40-20-5-8-24-45(40)50(46(41)29-35)43-22-6-3-18-38(43)39-19-4-7-23-44(39)50/h1-3,5-18,20-31H,4,19H2. The van der Waals surface area contributed by atoms with Crippen molar-refractivity contribution in [2.45, 2.75) is 18.3 Å². The molecule has 2 aromatic heterocycles. The Morgan fingerprint density at radius 2 is 1.21 bits per heavy atom. The van der Waals surface area contributed by atoms with Gasteiger partial charge >= 0.3 is 0 Å². The molecule has 3 nitrogen and oxygen atoms in total. The molecule has 0 amide bonds. The number of hydrogen-bond acceptors (Lipinski definition) is 3. The fourth-order valence-corrected chi connectivity index (χ4v) is 9.22. The molecule has 1 spiro atoms. The van der Waals surface area contributed by atoms with E-state index in [1.807, 2.05) is 18.5 Å². The molecule has 0 N–H and O–H groups in total. The average Bonchev–Trinajstić information content (AvgIpc) is 3.71. The number of rotatable bonds is 4. The van der Waals surface area contributed by atoms with E-state index in [1.165, 1.54) is 55.3 Å². The van der Waals surface area contributed by atoms with Crippen LogP contribution in [0.15, 0.2) is 182 Å². The lowest BCUT2D eigenvalue weighted by molar-refractivity contribution is 0.780. The second kappa shape index (κ2) is 11.7. The number of pyridine rings is 1. The molecule has 3 aliphatic carbocycles. The molecule has 0 fully saturated rings. The van der Waals surface area contributed by atoms with Gasteiger partial charge in [0.05, 0.1) is 16.8 Å². The van der Waals surface area contributed by atoms with Gasteiger partial charge in [-0.3, -0.25) is 4.98 Å². The van der Waals surface area contributed by atoms with Crippen LogP contribution in [0.3, 0.4) is 0 Å². The molecule has 248 valence electrons. The number of benzene rings is 6. The molecule has 3 heteroatoms. The van der Waals surface area contributed by atoms with E-state index >= 15 is 0 Å². The summed E-state index contributed by atoms with van der Waals surface area (Å²) in [5, 5.41) is 2.36. The first kappa shape index (κ1) is 30.0. The molecule has 8 aromatic rings. The van der Waals surface area contributed by atoms with Crippen LogP contribution in [0.1, 0.15) is 35.1 Å². The van der Waals surface area contributed by atoms with Crippen LogP contribution in [0.25, 0.3) is 72.5 Å². The predicted octanol–water partition coefficient (Wildman–Crippen LogP) is 12.1. The second-order valence-electron chi connectivity index (χ2n) is 14.2. The van der Waals surface area contributed by atoms with Crippen LogP contribution in [0.5, 0.6) is 0 Å². The van der Waals surface area contributed by atoms with Gasteiger partial charge < -0.3 is 0 Å². The first-order valence-corrected chi connectivity index (χ1v) is 18.4. The molecule has 6 aromatic carbocycles. The van der Waals surface area contributed by atoms with Gasteiger partial charge in [-0.05, 0) is 98.0 Å². The molecule has 1 atom stereocenters. The Bertz CT molecular complexity index is 2840. The zero-order chi connectivity index (χ0) is 34.9. The molecule has 2 heterocycles. The van der Waals surface area contributed by atoms with Crippen LogP contribution in [0, 0.1) is 0 Å². The fourth-order valence-electron chi connectivity index (χ4n) is 9.22. The van der Waals surface area contributed by atoms with Crippen LogP contribution in [-0.4, -0.2) is 15.0 Å². The van der Waals surface area contributed by atoms with Crippen molar-refractivity contribution >= 4 is 16.3 Å². The summed E-state index contributed by atoms with van der Waals surface area (Å²) in [7, 11) is 0. The Hall–Kier alpha value is -6.71. The minimum Gasteiger partial charge on any atom is -0.264 e. The first-order chi connectivity index (χ1) is 26.3. The molecule has 53 heavy (non-hydrogen) atoms. The number of nitrogens with zero attached hydrogens (tertiary/aromatic N) is 3. The highest BCUT2D eigenvalue weighted by molar-refractivity contribution is 5.98. The minimum absolute atomic E-state index is 0.390. The summed E-state index contributed by atoms with van der Waals surface area (Å²) >= 11 is 0. The van der Waals surface area contributed by atoms with E-state index in [1.54, 1.807) is 0 Å². The lowest BCUT2D eigenvalue weighted by Gasteiger charge is -2.32. The predicted molar refractivity (Wildman–Crippen MR) is 216 cm³/mol. The van der Waals surface area contributed by atoms with Crippen molar-refractivity contribution in [3.63, 3.8) is 0 Å². The molecule has 0 bridgehead atoms. The van der Waals surface area contributed by atoms with Crippen molar-refractivity contribution < 1.29 is 0 Å². The summed E-state index contributed by atoms with van der Waals surface area (Å²) in [6.07, 6.45) is 10.6. The molecule has 11 rings (SSSR count). The smallest absolute Gasteiger partial charge is 0.160 e. The maximum atomic E-state index is 5.40. The molecule has 0 saturated heterocycles. The average molecular weight is 676 g/mol. The van der Waals surface area contributed by atoms with E-state index in [2.05, 4.69) is 163 Å². The Morgan fingerprint density at radius 3 is 2.11 bits per heavy atom. The number of hydrogen-bond donors (Lipinski definition) is 0. The maximum absolute atomic E-state index is 5.40. The van der Waals surface area contributed by atoms with Crippen molar-refractivity contribution in [1.29, 1.82) is 0 Å². The monoisotopic (exact) mass is 675 g/mol. The van der Waals surface area contributed by atoms with Crippen LogP contribution in [0.4, 0.5) is 0 Å². The number of aromatic nitrogens is 3. The number of fused-ring (bicyclic) bond motifs is 10. The zero-order valence-electron chi connectivity index (χ0n) is 29.0. The molecule has 0 aliphatic heterocycles. The van der Waals surface area contributed by atoms with Crippen molar-refractivity contribution in [1.82, 2.24) is 15.0 Å². The minimum atomic E-state index is -0.390. The van der Waals surface area contributed by atoms with Gasteiger partial charge in [-0.1, -0.05) is 140 Å². The second-order valence-corrected chi connectivity index (χ2v) is 14.2. The molecule has 1 unspecified atom stereocenters. The highest BCUT2D eigenvalue weighted by Gasteiger charge is 2.52. The summed E-state index contributed by atoms with van der Waals surface area (Å²) in [5.41, 5.74) is 17.6. The maximum Gasteiger partial charge on any atom is 0.160 e. The van der Waals surface area contributed by atoms with Gasteiger partial charge in [-0.15, -0.1) is 0 Å². The summed E-state index contributed by atoms with van der Waals surface area (Å²) in [5.74, 6) is 0.714. The Labute approximate surface area is 308 Å². The Kier molecular flexibility index (Phi) is 6.59. The molecule has 3 aliphatic rings. The topological polar surface area (TPSA) is 38.7 Å². The van der Waals surface area contributed by atoms with Gasteiger partial charge in [0.25, 0.3) is 0 Å². The summed E-state index contributed by atoms with van der Waals surface area (Å²) in [6.45, 7) is 0. The summed E-state index contributed by atoms with van der Waals surface area (Å²) in [4.78, 5) is 15.2. The molecule has 0 saturated carbocycles. The Balaban J connectivity index is 1.16. The lowest BCUT2D eigenvalue weighted by Crippen LogP contribution is -2.27. The van der Waals surface area contributed by atoms with E-state index in [9.17, 15) is 0 Å². The molecule has 0 radical (unpaired) electrons. The van der Waals surface area contributed by atoms with Gasteiger partial charge in [-0.25, -0.2) is 9.97 Å². The van der Waals surface area contributed by atoms with E-state index in [0.29, 0.717) is 5.82 Å². The normalized spacial score (nSPS) is 16.5.